The van der Waals surface area contributed by atoms with Gasteiger partial charge in [-0.25, -0.2) is 15.0 Å². The Morgan fingerprint density at radius 1 is 0.412 bits per heavy atom. The summed E-state index contributed by atoms with van der Waals surface area (Å²) in [6.07, 6.45) is 0. The molecular formula is C46H31N3OSi. The average molecular weight is 670 g/mol. The molecule has 9 aromatic rings. The normalized spacial score (nSPS) is 13.4. The van der Waals surface area contributed by atoms with Crippen molar-refractivity contribution in [2.75, 3.05) is 0 Å². The van der Waals surface area contributed by atoms with Gasteiger partial charge in [0.15, 0.2) is 17.5 Å². The maximum atomic E-state index is 6.50. The zero-order chi connectivity index (χ0) is 33.9. The van der Waals surface area contributed by atoms with Crippen LogP contribution in [0.4, 0.5) is 0 Å². The monoisotopic (exact) mass is 669 g/mol. The summed E-state index contributed by atoms with van der Waals surface area (Å²) in [4.78, 5) is 15.6. The molecule has 4 nitrogen and oxygen atoms in total. The van der Waals surface area contributed by atoms with Crippen LogP contribution < -0.4 is 10.4 Å². The van der Waals surface area contributed by atoms with E-state index in [1.54, 1.807) is 0 Å². The highest BCUT2D eigenvalue weighted by molar-refractivity contribution is 6.89. The lowest BCUT2D eigenvalue weighted by Crippen LogP contribution is -2.35. The van der Waals surface area contributed by atoms with Crippen LogP contribution in [-0.4, -0.2) is 23.7 Å². The van der Waals surface area contributed by atoms with E-state index in [-0.39, 0.29) is 0 Å². The standard InChI is InChI=1S/C46H31N3OSi/c1-51-41-24-14-12-22-35(41)39-28-33(26-37(43(39)51)30-17-7-3-8-18-30)46-48-44(31-19-9-4-10-20-31)47-45(49-46)32-25-36(29-15-5-2-6-16-29)42-38(27-32)34-21-11-13-23-40(34)50-42/h2-28,51H,1H3. The molecule has 3 heterocycles. The van der Waals surface area contributed by atoms with Gasteiger partial charge in [0.1, 0.15) is 20.0 Å². The first-order valence-electron chi connectivity index (χ1n) is 17.4. The van der Waals surface area contributed by atoms with Gasteiger partial charge in [-0.3, -0.25) is 0 Å². The van der Waals surface area contributed by atoms with Gasteiger partial charge in [-0.1, -0.05) is 145 Å². The minimum atomic E-state index is -1.42. The molecule has 51 heavy (non-hydrogen) atoms. The number of benzene rings is 7. The number of nitrogens with zero attached hydrogens (tertiary/aromatic N) is 3. The molecule has 0 bridgehead atoms. The second-order valence-corrected chi connectivity index (χ2v) is 15.8. The molecule has 240 valence electrons. The van der Waals surface area contributed by atoms with Gasteiger partial charge >= 0.3 is 0 Å². The van der Waals surface area contributed by atoms with E-state index in [1.165, 1.54) is 32.6 Å². The van der Waals surface area contributed by atoms with E-state index in [0.717, 1.165) is 49.8 Å². The SMILES string of the molecule is C[SiH]1c2ccccc2-c2cc(-c3nc(-c4ccccc4)nc(-c4cc(-c5ccccc5)c5oc6ccccc6c5c4)n3)cc(-c3ccccc3)c21. The fraction of sp³-hybridized carbons (Fsp3) is 0.0217. The zero-order valence-electron chi connectivity index (χ0n) is 27.9. The van der Waals surface area contributed by atoms with Crippen LogP contribution in [0.25, 0.3) is 89.5 Å². The Labute approximate surface area is 297 Å². The predicted molar refractivity (Wildman–Crippen MR) is 212 cm³/mol. The summed E-state index contributed by atoms with van der Waals surface area (Å²) in [6.45, 7) is 2.45. The molecule has 0 spiro atoms. The van der Waals surface area contributed by atoms with Crippen LogP contribution >= 0.6 is 0 Å². The van der Waals surface area contributed by atoms with Crippen molar-refractivity contribution in [3.05, 3.63) is 164 Å². The van der Waals surface area contributed by atoms with E-state index in [1.807, 2.05) is 36.4 Å². The molecule has 0 fully saturated rings. The van der Waals surface area contributed by atoms with Crippen LogP contribution in [0.2, 0.25) is 6.55 Å². The second kappa shape index (κ2) is 11.9. The molecule has 0 radical (unpaired) electrons. The minimum Gasteiger partial charge on any atom is -0.455 e. The van der Waals surface area contributed by atoms with Crippen molar-refractivity contribution in [1.29, 1.82) is 0 Å². The largest absolute Gasteiger partial charge is 0.455 e. The van der Waals surface area contributed by atoms with Gasteiger partial charge < -0.3 is 4.42 Å². The Hall–Kier alpha value is -6.43. The first-order valence-corrected chi connectivity index (χ1v) is 19.7. The summed E-state index contributed by atoms with van der Waals surface area (Å²) in [6, 6.07) is 57.4. The Morgan fingerprint density at radius 2 is 0.922 bits per heavy atom. The van der Waals surface area contributed by atoms with Gasteiger partial charge in [-0.15, -0.1) is 0 Å². The number of rotatable bonds is 5. The van der Waals surface area contributed by atoms with Crippen LogP contribution in [0.1, 0.15) is 0 Å². The van der Waals surface area contributed by atoms with Gasteiger partial charge in [0.25, 0.3) is 0 Å². The third-order valence-electron chi connectivity index (χ3n) is 10.2. The fourth-order valence-corrected chi connectivity index (χ4v) is 10.6. The lowest BCUT2D eigenvalue weighted by Gasteiger charge is -2.16. The van der Waals surface area contributed by atoms with Gasteiger partial charge in [0.2, 0.25) is 0 Å². The first-order chi connectivity index (χ1) is 25.2. The summed E-state index contributed by atoms with van der Waals surface area (Å²) in [7, 11) is -1.42. The highest BCUT2D eigenvalue weighted by atomic mass is 28.3. The highest BCUT2D eigenvalue weighted by Gasteiger charge is 2.30. The zero-order valence-corrected chi connectivity index (χ0v) is 29.1. The van der Waals surface area contributed by atoms with Gasteiger partial charge in [0, 0.05) is 33.0 Å². The smallest absolute Gasteiger partial charge is 0.164 e. The molecule has 1 unspecified atom stereocenters. The van der Waals surface area contributed by atoms with Crippen molar-refractivity contribution in [1.82, 2.24) is 15.0 Å². The number of para-hydroxylation sites is 1. The second-order valence-electron chi connectivity index (χ2n) is 13.2. The van der Waals surface area contributed by atoms with E-state index in [0.29, 0.717) is 17.5 Å². The quantitative estimate of drug-likeness (QED) is 0.171. The number of fused-ring (bicyclic) bond motifs is 6. The van der Waals surface area contributed by atoms with Gasteiger partial charge in [-0.2, -0.15) is 0 Å². The summed E-state index contributed by atoms with van der Waals surface area (Å²) in [5.41, 5.74) is 11.7. The molecule has 5 heteroatoms. The van der Waals surface area contributed by atoms with Crippen molar-refractivity contribution < 1.29 is 4.42 Å². The Balaban J connectivity index is 1.25. The van der Waals surface area contributed by atoms with Crippen molar-refractivity contribution in [3.63, 3.8) is 0 Å². The van der Waals surface area contributed by atoms with Crippen LogP contribution in [0.15, 0.2) is 168 Å². The van der Waals surface area contributed by atoms with E-state index in [4.69, 9.17) is 19.4 Å². The Bertz CT molecular complexity index is 2760. The fourth-order valence-electron chi connectivity index (χ4n) is 7.74. The molecule has 2 aromatic heterocycles. The maximum Gasteiger partial charge on any atom is 0.164 e. The predicted octanol–water partition coefficient (Wildman–Crippen LogP) is 10.1. The number of furan rings is 1. The summed E-state index contributed by atoms with van der Waals surface area (Å²) >= 11 is 0. The third kappa shape index (κ3) is 4.93. The van der Waals surface area contributed by atoms with Gasteiger partial charge in [0.05, 0.1) is 0 Å². The molecule has 10 rings (SSSR count). The minimum absolute atomic E-state index is 0.619. The van der Waals surface area contributed by atoms with E-state index in [2.05, 4.69) is 134 Å². The van der Waals surface area contributed by atoms with Crippen LogP contribution in [0.5, 0.6) is 0 Å². The summed E-state index contributed by atoms with van der Waals surface area (Å²) < 4.78 is 6.50. The van der Waals surface area contributed by atoms with E-state index >= 15 is 0 Å². The third-order valence-corrected chi connectivity index (χ3v) is 13.1. The lowest BCUT2D eigenvalue weighted by molar-refractivity contribution is 0.670. The molecule has 1 atom stereocenters. The number of aromatic nitrogens is 3. The number of hydrogen-bond acceptors (Lipinski definition) is 4. The molecule has 0 amide bonds. The number of hydrogen-bond donors (Lipinski definition) is 0. The molecule has 1 aliphatic rings. The summed E-state index contributed by atoms with van der Waals surface area (Å²) in [5.74, 6) is 1.91. The molecule has 0 N–H and O–H groups in total. The Morgan fingerprint density at radius 3 is 1.63 bits per heavy atom. The van der Waals surface area contributed by atoms with Crippen molar-refractivity contribution >= 4 is 41.1 Å². The molecule has 7 aromatic carbocycles. The first kappa shape index (κ1) is 29.5. The molecule has 1 aliphatic heterocycles. The van der Waals surface area contributed by atoms with Gasteiger partial charge in [-0.05, 0) is 63.3 Å². The maximum absolute atomic E-state index is 6.50. The van der Waals surface area contributed by atoms with E-state index in [9.17, 15) is 0 Å². The molecular weight excluding hydrogens is 639 g/mol. The molecule has 0 saturated heterocycles. The van der Waals surface area contributed by atoms with Crippen molar-refractivity contribution in [2.45, 2.75) is 6.55 Å². The topological polar surface area (TPSA) is 51.8 Å². The van der Waals surface area contributed by atoms with Crippen LogP contribution in [0.3, 0.4) is 0 Å². The Kier molecular flexibility index (Phi) is 6.86. The van der Waals surface area contributed by atoms with Crippen LogP contribution in [0, 0.1) is 0 Å². The lowest BCUT2D eigenvalue weighted by atomic mass is 9.95. The molecule has 0 saturated carbocycles. The van der Waals surface area contributed by atoms with Crippen molar-refractivity contribution in [2.24, 2.45) is 0 Å². The van der Waals surface area contributed by atoms with Crippen LogP contribution in [-0.2, 0) is 0 Å². The van der Waals surface area contributed by atoms with Crippen molar-refractivity contribution in [3.8, 4) is 67.5 Å². The molecule has 0 aliphatic carbocycles. The summed E-state index contributed by atoms with van der Waals surface area (Å²) in [5, 5.41) is 5.06. The average Bonchev–Trinajstić information content (AvgIpc) is 3.73. The highest BCUT2D eigenvalue weighted by Crippen LogP contribution is 2.40. The van der Waals surface area contributed by atoms with E-state index < -0.39 is 8.80 Å².